The average molecular weight is 413 g/mol. The third-order valence-corrected chi connectivity index (χ3v) is 5.98. The summed E-state index contributed by atoms with van der Waals surface area (Å²) in [6.45, 7) is 15.1. The fourth-order valence-corrected chi connectivity index (χ4v) is 4.36. The normalized spacial score (nSPS) is 13.2. The Kier molecular flexibility index (Phi) is 4.20. The second kappa shape index (κ2) is 6.61. The molecule has 0 radical (unpaired) electrons. The molecule has 0 aliphatic carbocycles. The molecule has 1 aliphatic heterocycles. The molecule has 2 aromatic carbocycles. The second-order valence-electron chi connectivity index (χ2n) is 9.66. The summed E-state index contributed by atoms with van der Waals surface area (Å²) in [5, 5.41) is 0.968. The van der Waals surface area contributed by atoms with Crippen LogP contribution in [0.15, 0.2) is 46.9 Å². The van der Waals surface area contributed by atoms with Gasteiger partial charge in [0.25, 0.3) is 0 Å². The van der Waals surface area contributed by atoms with Crippen LogP contribution >= 0.6 is 0 Å². The summed E-state index contributed by atoms with van der Waals surface area (Å²) in [5.41, 5.74) is 8.69. The first-order chi connectivity index (χ1) is 14.6. The summed E-state index contributed by atoms with van der Waals surface area (Å²) in [4.78, 5) is 6.88. The van der Waals surface area contributed by atoms with Gasteiger partial charge < -0.3 is 9.15 Å². The number of benzene rings is 2. The highest BCUT2D eigenvalue weighted by molar-refractivity contribution is 5.97. The highest BCUT2D eigenvalue weighted by atomic mass is 16.5. The van der Waals surface area contributed by atoms with Gasteiger partial charge in [0.15, 0.2) is 0 Å². The lowest BCUT2D eigenvalue weighted by molar-refractivity contribution is 0.445. The van der Waals surface area contributed by atoms with E-state index in [2.05, 4.69) is 76.8 Å². The van der Waals surface area contributed by atoms with Gasteiger partial charge in [0.05, 0.1) is 11.1 Å². The molecule has 2 aromatic heterocycles. The molecule has 0 N–H and O–H groups in total. The van der Waals surface area contributed by atoms with Crippen LogP contribution in [0.2, 0.25) is 0 Å². The van der Waals surface area contributed by atoms with Crippen LogP contribution in [-0.2, 0) is 5.41 Å². The van der Waals surface area contributed by atoms with E-state index in [4.69, 9.17) is 14.1 Å². The molecule has 1 aliphatic rings. The lowest BCUT2D eigenvalue weighted by Gasteiger charge is -2.32. The quantitative estimate of drug-likeness (QED) is 0.280. The van der Waals surface area contributed by atoms with Crippen LogP contribution < -0.4 is 9.64 Å². The van der Waals surface area contributed by atoms with Crippen LogP contribution in [0.4, 0.5) is 17.3 Å². The highest BCUT2D eigenvalue weighted by Gasteiger charge is 2.34. The van der Waals surface area contributed by atoms with Crippen LogP contribution in [0, 0.1) is 27.7 Å². The van der Waals surface area contributed by atoms with E-state index in [1.165, 1.54) is 16.7 Å². The van der Waals surface area contributed by atoms with E-state index >= 15 is 0 Å². The van der Waals surface area contributed by atoms with Crippen LogP contribution in [0.3, 0.4) is 0 Å². The number of nitrogens with zero attached hydrogens (tertiary/aromatic N) is 2. The molecule has 5 rings (SSSR count). The molecule has 3 heterocycles. The van der Waals surface area contributed by atoms with E-state index < -0.39 is 0 Å². The van der Waals surface area contributed by atoms with Crippen LogP contribution in [0.5, 0.6) is 11.6 Å². The molecule has 0 bridgehead atoms. The van der Waals surface area contributed by atoms with E-state index in [1.807, 2.05) is 19.1 Å². The minimum Gasteiger partial charge on any atom is -0.436 e. The first-order valence-electron chi connectivity index (χ1n) is 10.7. The van der Waals surface area contributed by atoms with Crippen molar-refractivity contribution in [1.29, 1.82) is 0 Å². The Morgan fingerprint density at radius 3 is 2.26 bits per heavy atom. The van der Waals surface area contributed by atoms with Gasteiger partial charge in [-0.2, -0.15) is 0 Å². The molecule has 0 spiro atoms. The average Bonchev–Trinajstić information content (AvgIpc) is 3.03. The molecule has 0 unspecified atom stereocenters. The SMILES string of the molecule is Cc1ccc2oc3c(c2c1)Oc1nc(C)ccc1N3c1c(C)cc(C(C)(C)C)cc1C. The fourth-order valence-electron chi connectivity index (χ4n) is 4.36. The summed E-state index contributed by atoms with van der Waals surface area (Å²) in [7, 11) is 0. The summed E-state index contributed by atoms with van der Waals surface area (Å²) < 4.78 is 12.7. The number of hydrogen-bond donors (Lipinski definition) is 0. The van der Waals surface area contributed by atoms with E-state index in [1.54, 1.807) is 0 Å². The number of pyridine rings is 1. The maximum Gasteiger partial charge on any atom is 0.249 e. The van der Waals surface area contributed by atoms with E-state index in [9.17, 15) is 0 Å². The third-order valence-electron chi connectivity index (χ3n) is 5.98. The first-order valence-corrected chi connectivity index (χ1v) is 10.7. The number of hydrogen-bond acceptors (Lipinski definition) is 4. The topological polar surface area (TPSA) is 38.5 Å². The van der Waals surface area contributed by atoms with Gasteiger partial charge in [0.2, 0.25) is 17.5 Å². The van der Waals surface area contributed by atoms with Gasteiger partial charge in [-0.05, 0) is 74.1 Å². The molecule has 4 heteroatoms. The monoisotopic (exact) mass is 412 g/mol. The Balaban J connectivity index is 1.81. The summed E-state index contributed by atoms with van der Waals surface area (Å²) in [6, 6.07) is 14.8. The van der Waals surface area contributed by atoms with Crippen molar-refractivity contribution < 1.29 is 9.15 Å². The molecule has 4 nitrogen and oxygen atoms in total. The van der Waals surface area contributed by atoms with Gasteiger partial charge in [-0.3, -0.25) is 4.90 Å². The van der Waals surface area contributed by atoms with Gasteiger partial charge in [-0.1, -0.05) is 44.5 Å². The maximum absolute atomic E-state index is 6.38. The van der Waals surface area contributed by atoms with Gasteiger partial charge in [-0.15, -0.1) is 0 Å². The number of aryl methyl sites for hydroxylation is 4. The number of fused-ring (bicyclic) bond motifs is 4. The van der Waals surface area contributed by atoms with Gasteiger partial charge in [0, 0.05) is 5.69 Å². The van der Waals surface area contributed by atoms with Crippen LogP contribution in [-0.4, -0.2) is 4.98 Å². The van der Waals surface area contributed by atoms with Crippen molar-refractivity contribution in [2.24, 2.45) is 0 Å². The zero-order valence-corrected chi connectivity index (χ0v) is 19.3. The Bertz CT molecular complexity index is 1320. The van der Waals surface area contributed by atoms with Crippen LogP contribution in [0.1, 0.15) is 48.7 Å². The molecular formula is C27H28N2O2. The van der Waals surface area contributed by atoms with Gasteiger partial charge in [0.1, 0.15) is 11.3 Å². The maximum atomic E-state index is 6.38. The molecule has 0 saturated heterocycles. The third kappa shape index (κ3) is 3.09. The van der Waals surface area contributed by atoms with Crippen molar-refractivity contribution in [2.75, 3.05) is 4.90 Å². The first kappa shape index (κ1) is 19.7. The molecule has 0 amide bonds. The van der Waals surface area contributed by atoms with E-state index in [0.29, 0.717) is 11.8 Å². The minimum atomic E-state index is 0.0810. The number of aromatic nitrogens is 1. The molecule has 158 valence electrons. The van der Waals surface area contributed by atoms with Crippen molar-refractivity contribution in [3.05, 3.63) is 70.4 Å². The molecule has 0 atom stereocenters. The van der Waals surface area contributed by atoms with Crippen molar-refractivity contribution in [3.63, 3.8) is 0 Å². The smallest absolute Gasteiger partial charge is 0.249 e. The molecular weight excluding hydrogens is 384 g/mol. The Morgan fingerprint density at radius 1 is 0.871 bits per heavy atom. The second-order valence-corrected chi connectivity index (χ2v) is 9.66. The Labute approximate surface area is 183 Å². The lowest BCUT2D eigenvalue weighted by Crippen LogP contribution is -2.19. The predicted molar refractivity (Wildman–Crippen MR) is 126 cm³/mol. The van der Waals surface area contributed by atoms with Gasteiger partial charge in [-0.25, -0.2) is 4.98 Å². The standard InChI is InChI=1S/C27H28N2O2/c1-15-8-11-22-20(12-15)24-26(30-22)29(21-10-9-18(4)28-25(21)31-24)23-16(2)13-19(14-17(23)3)27(5,6)7/h8-14H,1-7H3. The van der Waals surface area contributed by atoms with Crippen molar-refractivity contribution in [1.82, 2.24) is 4.98 Å². The molecule has 31 heavy (non-hydrogen) atoms. The zero-order valence-electron chi connectivity index (χ0n) is 19.3. The minimum absolute atomic E-state index is 0.0810. The summed E-state index contributed by atoms with van der Waals surface area (Å²) >= 11 is 0. The van der Waals surface area contributed by atoms with Crippen molar-refractivity contribution >= 4 is 28.2 Å². The van der Waals surface area contributed by atoms with Crippen molar-refractivity contribution in [3.8, 4) is 11.6 Å². The molecule has 0 saturated carbocycles. The van der Waals surface area contributed by atoms with Gasteiger partial charge >= 0.3 is 0 Å². The van der Waals surface area contributed by atoms with E-state index in [0.717, 1.165) is 39.4 Å². The van der Waals surface area contributed by atoms with E-state index in [-0.39, 0.29) is 5.41 Å². The number of furan rings is 1. The molecule has 4 aromatic rings. The zero-order chi connectivity index (χ0) is 22.1. The largest absolute Gasteiger partial charge is 0.436 e. The number of anilines is 3. The summed E-state index contributed by atoms with van der Waals surface area (Å²) in [5.74, 6) is 2.03. The predicted octanol–water partition coefficient (Wildman–Crippen LogP) is 7.93. The number of rotatable bonds is 1. The lowest BCUT2D eigenvalue weighted by atomic mass is 9.84. The Morgan fingerprint density at radius 2 is 1.58 bits per heavy atom. The molecule has 0 fully saturated rings. The number of ether oxygens (including phenoxy) is 1. The highest BCUT2D eigenvalue weighted by Crippen LogP contribution is 2.55. The van der Waals surface area contributed by atoms with Crippen LogP contribution in [0.25, 0.3) is 11.0 Å². The Hall–Kier alpha value is -3.27. The fraction of sp³-hybridized carbons (Fsp3) is 0.296. The summed E-state index contributed by atoms with van der Waals surface area (Å²) in [6.07, 6.45) is 0. The van der Waals surface area contributed by atoms with Crippen molar-refractivity contribution in [2.45, 2.75) is 53.9 Å².